The fourth-order valence-electron chi connectivity index (χ4n) is 11.7. The largest absolute Gasteiger partial charge is 0.456 e. The molecule has 0 amide bonds. The predicted molar refractivity (Wildman–Crippen MR) is 279 cm³/mol. The topological polar surface area (TPSA) is 56.7 Å². The van der Waals surface area contributed by atoms with Crippen molar-refractivity contribution in [2.45, 2.75) is 5.41 Å². The molecular formula is C64H38N4O. The second kappa shape index (κ2) is 14.4. The Morgan fingerprint density at radius 1 is 0.304 bits per heavy atom. The number of furan rings is 1. The van der Waals surface area contributed by atoms with Crippen molar-refractivity contribution in [2.75, 3.05) is 0 Å². The highest BCUT2D eigenvalue weighted by Crippen LogP contribution is 2.63. The van der Waals surface area contributed by atoms with Crippen molar-refractivity contribution in [1.82, 2.24) is 19.5 Å². The van der Waals surface area contributed by atoms with Crippen molar-refractivity contribution in [2.24, 2.45) is 0 Å². The maximum Gasteiger partial charge on any atom is 0.164 e. The van der Waals surface area contributed by atoms with Crippen molar-refractivity contribution in [1.29, 1.82) is 0 Å². The van der Waals surface area contributed by atoms with Crippen LogP contribution in [0.5, 0.6) is 0 Å². The number of aromatic nitrogens is 4. The highest BCUT2D eigenvalue weighted by atomic mass is 16.3. The van der Waals surface area contributed by atoms with Gasteiger partial charge in [0.05, 0.1) is 16.4 Å². The zero-order chi connectivity index (χ0) is 45.2. The van der Waals surface area contributed by atoms with Crippen LogP contribution < -0.4 is 0 Å². The lowest BCUT2D eigenvalue weighted by Gasteiger charge is -2.30. The van der Waals surface area contributed by atoms with E-state index < -0.39 is 5.41 Å². The summed E-state index contributed by atoms with van der Waals surface area (Å²) in [4.78, 5) is 14.8. The van der Waals surface area contributed by atoms with Gasteiger partial charge in [0.15, 0.2) is 17.5 Å². The predicted octanol–water partition coefficient (Wildman–Crippen LogP) is 15.9. The maximum atomic E-state index is 6.57. The number of nitrogens with zero attached hydrogens (tertiary/aromatic N) is 4. The molecule has 15 rings (SSSR count). The quantitative estimate of drug-likeness (QED) is 0.173. The molecule has 320 valence electrons. The van der Waals surface area contributed by atoms with E-state index in [-0.39, 0.29) is 0 Å². The monoisotopic (exact) mass is 878 g/mol. The van der Waals surface area contributed by atoms with Crippen molar-refractivity contribution in [3.63, 3.8) is 0 Å². The van der Waals surface area contributed by atoms with Crippen LogP contribution in [-0.4, -0.2) is 19.5 Å². The molecule has 5 heteroatoms. The van der Waals surface area contributed by atoms with Crippen LogP contribution in [0.15, 0.2) is 235 Å². The molecule has 0 unspecified atom stereocenters. The van der Waals surface area contributed by atoms with Gasteiger partial charge in [-0.2, -0.15) is 0 Å². The Bertz CT molecular complexity index is 4140. The smallest absolute Gasteiger partial charge is 0.164 e. The molecule has 0 radical (unpaired) electrons. The molecule has 2 aliphatic rings. The standard InChI is InChI=1S/C64H38N4O/c1-3-15-39(16-4-1)61-65-62(40-17-5-2-6-18-40)67-63(66-61)43-27-31-50-52-36-42(29-34-59(52)69-60(50)37-43)41-28-33-58-51(35-41)49-22-10-14-26-57(49)68(58)44-30-32-48-47-21-9-13-25-55(47)64(56(48)38-44)53-23-11-7-19-45(53)46-20-8-12-24-54(46)64/h1-38H. The molecule has 5 nitrogen and oxygen atoms in total. The van der Waals surface area contributed by atoms with Gasteiger partial charge in [0, 0.05) is 43.9 Å². The summed E-state index contributed by atoms with van der Waals surface area (Å²) >= 11 is 0. The summed E-state index contributed by atoms with van der Waals surface area (Å²) < 4.78 is 9.03. The van der Waals surface area contributed by atoms with Crippen LogP contribution in [0, 0.1) is 0 Å². The van der Waals surface area contributed by atoms with Gasteiger partial charge in [-0.15, -0.1) is 0 Å². The molecule has 13 aromatic rings. The highest BCUT2D eigenvalue weighted by molar-refractivity contribution is 6.12. The fraction of sp³-hybridized carbons (Fsp3) is 0.0156. The Morgan fingerprint density at radius 3 is 1.46 bits per heavy atom. The normalized spacial score (nSPS) is 13.0. The SMILES string of the molecule is c1ccc(-c2nc(-c3ccccc3)nc(-c3ccc4c(c3)oc3ccc(-c5ccc6c(c5)c5ccccc5n6-c5ccc6c(c5)C5(c7ccccc7-c7ccccc75)c5ccccc5-6)cc34)n2)cc1. The molecule has 0 saturated heterocycles. The Hall–Kier alpha value is -9.19. The van der Waals surface area contributed by atoms with E-state index in [1.54, 1.807) is 0 Å². The molecule has 0 atom stereocenters. The highest BCUT2D eigenvalue weighted by Gasteiger charge is 2.51. The third-order valence-corrected chi connectivity index (χ3v) is 14.7. The number of fused-ring (bicyclic) bond motifs is 16. The van der Waals surface area contributed by atoms with Crippen molar-refractivity contribution >= 4 is 43.7 Å². The van der Waals surface area contributed by atoms with Gasteiger partial charge in [-0.25, -0.2) is 15.0 Å². The average molecular weight is 879 g/mol. The van der Waals surface area contributed by atoms with Gasteiger partial charge in [0.2, 0.25) is 0 Å². The minimum atomic E-state index is -0.414. The summed E-state index contributed by atoms with van der Waals surface area (Å²) in [5.74, 6) is 1.85. The van der Waals surface area contributed by atoms with Gasteiger partial charge in [-0.1, -0.05) is 176 Å². The number of para-hydroxylation sites is 1. The first-order chi connectivity index (χ1) is 34.2. The molecule has 2 aliphatic carbocycles. The zero-order valence-electron chi connectivity index (χ0n) is 37.1. The first kappa shape index (κ1) is 38.0. The van der Waals surface area contributed by atoms with E-state index in [9.17, 15) is 0 Å². The van der Waals surface area contributed by atoms with Gasteiger partial charge >= 0.3 is 0 Å². The van der Waals surface area contributed by atoms with Crippen LogP contribution >= 0.6 is 0 Å². The molecule has 0 aliphatic heterocycles. The van der Waals surface area contributed by atoms with Crippen LogP contribution in [0.1, 0.15) is 22.3 Å². The molecule has 0 N–H and O–H groups in total. The second-order valence-electron chi connectivity index (χ2n) is 18.3. The van der Waals surface area contributed by atoms with Crippen LogP contribution in [0.4, 0.5) is 0 Å². The van der Waals surface area contributed by atoms with Gasteiger partial charge in [0.1, 0.15) is 11.2 Å². The van der Waals surface area contributed by atoms with Crippen LogP contribution in [-0.2, 0) is 5.41 Å². The molecule has 69 heavy (non-hydrogen) atoms. The van der Waals surface area contributed by atoms with Gasteiger partial charge in [0.25, 0.3) is 0 Å². The van der Waals surface area contributed by atoms with E-state index in [0.29, 0.717) is 17.5 Å². The summed E-state index contributed by atoms with van der Waals surface area (Å²) in [6.07, 6.45) is 0. The summed E-state index contributed by atoms with van der Waals surface area (Å²) in [6.45, 7) is 0. The first-order valence-corrected chi connectivity index (χ1v) is 23.5. The number of hydrogen-bond donors (Lipinski definition) is 0. The van der Waals surface area contributed by atoms with E-state index in [0.717, 1.165) is 55.4 Å². The number of rotatable bonds is 5. The summed E-state index contributed by atoms with van der Waals surface area (Å²) in [7, 11) is 0. The van der Waals surface area contributed by atoms with Gasteiger partial charge in [-0.3, -0.25) is 0 Å². The van der Waals surface area contributed by atoms with E-state index in [1.807, 2.05) is 60.7 Å². The van der Waals surface area contributed by atoms with Crippen molar-refractivity contribution in [3.8, 4) is 73.2 Å². The van der Waals surface area contributed by atoms with Gasteiger partial charge in [-0.05, 0) is 110 Å². The fourth-order valence-corrected chi connectivity index (χ4v) is 11.7. The first-order valence-electron chi connectivity index (χ1n) is 23.5. The molecule has 10 aromatic carbocycles. The molecule has 0 fully saturated rings. The molecule has 3 aromatic heterocycles. The minimum absolute atomic E-state index is 0.414. The molecule has 3 heterocycles. The molecular weight excluding hydrogens is 841 g/mol. The van der Waals surface area contributed by atoms with Crippen molar-refractivity contribution in [3.05, 3.63) is 253 Å². The Morgan fingerprint density at radius 2 is 0.812 bits per heavy atom. The van der Waals surface area contributed by atoms with E-state index in [1.165, 1.54) is 66.3 Å². The third-order valence-electron chi connectivity index (χ3n) is 14.7. The van der Waals surface area contributed by atoms with Crippen LogP contribution in [0.2, 0.25) is 0 Å². The maximum absolute atomic E-state index is 6.57. The third kappa shape index (κ3) is 5.44. The lowest BCUT2D eigenvalue weighted by molar-refractivity contribution is 0.669. The lowest BCUT2D eigenvalue weighted by Crippen LogP contribution is -2.26. The molecule has 1 spiro atoms. The van der Waals surface area contributed by atoms with Gasteiger partial charge < -0.3 is 8.98 Å². The second-order valence-corrected chi connectivity index (χ2v) is 18.3. The summed E-state index contributed by atoms with van der Waals surface area (Å²) in [5, 5.41) is 4.53. The van der Waals surface area contributed by atoms with Crippen molar-refractivity contribution < 1.29 is 4.42 Å². The van der Waals surface area contributed by atoms with E-state index in [2.05, 4.69) is 174 Å². The Kier molecular flexibility index (Phi) is 7.93. The Labute approximate surface area is 397 Å². The number of hydrogen-bond acceptors (Lipinski definition) is 4. The molecule has 0 bridgehead atoms. The lowest BCUT2D eigenvalue weighted by atomic mass is 9.70. The van der Waals surface area contributed by atoms with Crippen LogP contribution in [0.25, 0.3) is 117 Å². The number of benzene rings is 10. The summed E-state index contributed by atoms with van der Waals surface area (Å²) in [5.41, 5.74) is 20.3. The zero-order valence-corrected chi connectivity index (χ0v) is 37.1. The minimum Gasteiger partial charge on any atom is -0.456 e. The molecule has 0 saturated carbocycles. The van der Waals surface area contributed by atoms with E-state index >= 15 is 0 Å². The summed E-state index contributed by atoms with van der Waals surface area (Å²) in [6, 6.07) is 82.9. The average Bonchev–Trinajstić information content (AvgIpc) is 4.14. The Balaban J connectivity index is 0.844. The van der Waals surface area contributed by atoms with Crippen LogP contribution in [0.3, 0.4) is 0 Å². The van der Waals surface area contributed by atoms with E-state index in [4.69, 9.17) is 19.4 Å².